The van der Waals surface area contributed by atoms with Gasteiger partial charge in [0.15, 0.2) is 5.13 Å². The van der Waals surface area contributed by atoms with E-state index < -0.39 is 0 Å². The summed E-state index contributed by atoms with van der Waals surface area (Å²) in [5, 5.41) is 5.68. The summed E-state index contributed by atoms with van der Waals surface area (Å²) in [5.41, 5.74) is 3.35. The molecule has 1 atom stereocenters. The van der Waals surface area contributed by atoms with Crippen LogP contribution in [-0.4, -0.2) is 10.9 Å². The minimum atomic E-state index is -0.0207. The molecular formula is C20H20N2OS2. The molecule has 0 unspecified atom stereocenters. The number of carbonyl (C=O) groups excluding carboxylic acids is 1. The van der Waals surface area contributed by atoms with Crippen LogP contribution in [-0.2, 0) is 19.3 Å². The van der Waals surface area contributed by atoms with Gasteiger partial charge in [0.2, 0.25) is 0 Å². The summed E-state index contributed by atoms with van der Waals surface area (Å²) in [5.74, 6) is 0.703. The number of rotatable bonds is 4. The number of carbonyl (C=O) groups is 1. The Morgan fingerprint density at radius 2 is 2.16 bits per heavy atom. The number of hydrogen-bond donors (Lipinski definition) is 1. The quantitative estimate of drug-likeness (QED) is 0.690. The second-order valence-corrected chi connectivity index (χ2v) is 8.73. The summed E-state index contributed by atoms with van der Waals surface area (Å²) >= 11 is 3.28. The number of aromatic nitrogens is 1. The Bertz CT molecular complexity index is 882. The van der Waals surface area contributed by atoms with E-state index in [4.69, 9.17) is 0 Å². The predicted molar refractivity (Wildman–Crippen MR) is 105 cm³/mol. The van der Waals surface area contributed by atoms with Crippen molar-refractivity contribution in [2.75, 3.05) is 5.32 Å². The normalized spacial score (nSPS) is 16.4. The number of nitrogens with one attached hydrogen (secondary N) is 1. The number of thiophene rings is 1. The lowest BCUT2D eigenvalue weighted by Gasteiger charge is -2.18. The largest absolute Gasteiger partial charge is 0.298 e. The summed E-state index contributed by atoms with van der Waals surface area (Å²) in [6, 6.07) is 10.3. The third-order valence-corrected chi connectivity index (χ3v) is 6.61. The highest BCUT2D eigenvalue weighted by molar-refractivity contribution is 7.15. The number of anilines is 1. The van der Waals surface area contributed by atoms with Crippen LogP contribution >= 0.6 is 22.7 Å². The van der Waals surface area contributed by atoms with E-state index in [0.29, 0.717) is 5.13 Å². The molecule has 0 bridgehead atoms. The molecule has 0 saturated heterocycles. The van der Waals surface area contributed by atoms with E-state index >= 15 is 0 Å². The molecular weight excluding hydrogens is 348 g/mol. The highest BCUT2D eigenvalue weighted by atomic mass is 32.1. The summed E-state index contributed by atoms with van der Waals surface area (Å²) in [6.07, 6.45) is 5.99. The number of benzene rings is 1. The minimum absolute atomic E-state index is 0.0207. The van der Waals surface area contributed by atoms with Crippen LogP contribution in [0.15, 0.2) is 41.9 Å². The van der Waals surface area contributed by atoms with Gasteiger partial charge in [-0.05, 0) is 36.3 Å². The second kappa shape index (κ2) is 7.10. The van der Waals surface area contributed by atoms with Crippen molar-refractivity contribution in [3.63, 3.8) is 0 Å². The average Bonchev–Trinajstić information content (AvgIpc) is 3.22. The Hall–Kier alpha value is -1.98. The number of nitrogens with zero attached hydrogens (tertiary/aromatic N) is 1. The first-order valence-electron chi connectivity index (χ1n) is 8.58. The van der Waals surface area contributed by atoms with Crippen molar-refractivity contribution in [3.05, 3.63) is 68.4 Å². The lowest BCUT2D eigenvalue weighted by Crippen LogP contribution is -2.16. The molecule has 0 fully saturated rings. The summed E-state index contributed by atoms with van der Waals surface area (Å²) < 4.78 is 0. The first-order valence-corrected chi connectivity index (χ1v) is 10.3. The van der Waals surface area contributed by atoms with Gasteiger partial charge < -0.3 is 0 Å². The number of amides is 1. The maximum atomic E-state index is 12.7. The van der Waals surface area contributed by atoms with Crippen LogP contribution in [0.5, 0.6) is 0 Å². The molecule has 1 N–H and O–H groups in total. The second-order valence-electron chi connectivity index (χ2n) is 6.65. The van der Waals surface area contributed by atoms with Crippen molar-refractivity contribution in [1.29, 1.82) is 0 Å². The van der Waals surface area contributed by atoms with Gasteiger partial charge in [-0.1, -0.05) is 37.3 Å². The fourth-order valence-electron chi connectivity index (χ4n) is 3.28. The number of thiazole rings is 1. The molecule has 5 heteroatoms. The maximum Gasteiger partial charge on any atom is 0.258 e. The monoisotopic (exact) mass is 368 g/mol. The van der Waals surface area contributed by atoms with Crippen LogP contribution in [0, 0.1) is 5.92 Å². The SMILES string of the molecule is C[C@@H]1CCc2c(C(=O)Nc3ncc(Cc4ccccc4)s3)csc2C1. The zero-order valence-corrected chi connectivity index (χ0v) is 15.8. The van der Waals surface area contributed by atoms with Crippen molar-refractivity contribution in [2.24, 2.45) is 5.92 Å². The molecule has 1 aromatic carbocycles. The van der Waals surface area contributed by atoms with Crippen LogP contribution in [0.3, 0.4) is 0 Å². The fourth-order valence-corrected chi connectivity index (χ4v) is 5.36. The van der Waals surface area contributed by atoms with Gasteiger partial charge in [-0.2, -0.15) is 0 Å². The van der Waals surface area contributed by atoms with Crippen molar-refractivity contribution in [2.45, 2.75) is 32.6 Å². The van der Waals surface area contributed by atoms with Gasteiger partial charge in [0.25, 0.3) is 5.91 Å². The molecule has 3 nitrogen and oxygen atoms in total. The van der Waals surface area contributed by atoms with Gasteiger partial charge in [0, 0.05) is 27.8 Å². The summed E-state index contributed by atoms with van der Waals surface area (Å²) in [6.45, 7) is 2.28. The lowest BCUT2D eigenvalue weighted by atomic mass is 9.88. The Kier molecular flexibility index (Phi) is 4.68. The number of fused-ring (bicyclic) bond motifs is 1. The zero-order chi connectivity index (χ0) is 17.2. The van der Waals surface area contributed by atoms with Crippen LogP contribution in [0.25, 0.3) is 0 Å². The van der Waals surface area contributed by atoms with Gasteiger partial charge in [-0.3, -0.25) is 10.1 Å². The van der Waals surface area contributed by atoms with E-state index in [2.05, 4.69) is 29.4 Å². The Balaban J connectivity index is 1.45. The van der Waals surface area contributed by atoms with Crippen LogP contribution in [0.4, 0.5) is 5.13 Å². The van der Waals surface area contributed by atoms with Gasteiger partial charge in [-0.25, -0.2) is 4.98 Å². The van der Waals surface area contributed by atoms with Crippen molar-refractivity contribution in [1.82, 2.24) is 4.98 Å². The van der Waals surface area contributed by atoms with Crippen molar-refractivity contribution in [3.8, 4) is 0 Å². The fraction of sp³-hybridized carbons (Fsp3) is 0.300. The van der Waals surface area contributed by atoms with Gasteiger partial charge in [0.1, 0.15) is 0 Å². The Labute approximate surface area is 155 Å². The molecule has 1 aliphatic rings. The summed E-state index contributed by atoms with van der Waals surface area (Å²) in [7, 11) is 0. The molecule has 0 aliphatic heterocycles. The lowest BCUT2D eigenvalue weighted by molar-refractivity contribution is 0.102. The highest BCUT2D eigenvalue weighted by Gasteiger charge is 2.23. The molecule has 0 saturated carbocycles. The summed E-state index contributed by atoms with van der Waals surface area (Å²) in [4.78, 5) is 19.6. The smallest absolute Gasteiger partial charge is 0.258 e. The molecule has 1 aliphatic carbocycles. The van der Waals surface area contributed by atoms with Gasteiger partial charge >= 0.3 is 0 Å². The molecule has 3 aromatic rings. The molecule has 2 heterocycles. The van der Waals surface area contributed by atoms with Crippen LogP contribution < -0.4 is 5.32 Å². The van der Waals surface area contributed by atoms with Crippen molar-refractivity contribution < 1.29 is 4.79 Å². The first-order chi connectivity index (χ1) is 12.2. The van der Waals surface area contributed by atoms with Crippen LogP contribution in [0.1, 0.15) is 44.6 Å². The molecule has 1 amide bonds. The van der Waals surface area contributed by atoms with E-state index in [1.807, 2.05) is 29.8 Å². The Morgan fingerprint density at radius 1 is 1.32 bits per heavy atom. The van der Waals surface area contributed by atoms with E-state index in [-0.39, 0.29) is 5.91 Å². The molecule has 0 spiro atoms. The van der Waals surface area contributed by atoms with Crippen LogP contribution in [0.2, 0.25) is 0 Å². The van der Waals surface area contributed by atoms with E-state index in [1.54, 1.807) is 22.7 Å². The molecule has 2 aromatic heterocycles. The Morgan fingerprint density at radius 3 is 3.00 bits per heavy atom. The average molecular weight is 369 g/mol. The zero-order valence-electron chi connectivity index (χ0n) is 14.1. The third kappa shape index (κ3) is 3.67. The van der Waals surface area contributed by atoms with E-state index in [0.717, 1.165) is 35.6 Å². The molecule has 4 rings (SSSR count). The van der Waals surface area contributed by atoms with Gasteiger partial charge in [-0.15, -0.1) is 22.7 Å². The standard InChI is InChI=1S/C20H20N2OS2/c1-13-7-8-16-17(12-24-18(16)9-13)19(23)22-20-21-11-15(25-20)10-14-5-3-2-4-6-14/h2-6,11-13H,7-10H2,1H3,(H,21,22,23)/t13-/m1/s1. The van der Waals surface area contributed by atoms with E-state index in [9.17, 15) is 4.79 Å². The van der Waals surface area contributed by atoms with Gasteiger partial charge in [0.05, 0.1) is 5.56 Å². The number of hydrogen-bond acceptors (Lipinski definition) is 4. The predicted octanol–water partition coefficient (Wildman–Crippen LogP) is 5.17. The third-order valence-electron chi connectivity index (χ3n) is 4.64. The molecule has 25 heavy (non-hydrogen) atoms. The highest BCUT2D eigenvalue weighted by Crippen LogP contribution is 2.33. The van der Waals surface area contributed by atoms with E-state index in [1.165, 1.54) is 22.4 Å². The first kappa shape index (κ1) is 16.5. The topological polar surface area (TPSA) is 42.0 Å². The maximum absolute atomic E-state index is 12.7. The minimum Gasteiger partial charge on any atom is -0.298 e. The van der Waals surface area contributed by atoms with Crippen molar-refractivity contribution >= 4 is 33.7 Å². The molecule has 128 valence electrons. The molecule has 0 radical (unpaired) electrons.